The van der Waals surface area contributed by atoms with Gasteiger partial charge in [-0.05, 0) is 13.8 Å². The van der Waals surface area contributed by atoms with E-state index in [1.54, 1.807) is 17.3 Å². The molecular formula is C18H20N4O2. The fourth-order valence-corrected chi connectivity index (χ4v) is 2.78. The van der Waals surface area contributed by atoms with Gasteiger partial charge in [-0.15, -0.1) is 0 Å². The minimum atomic E-state index is -0.325. The van der Waals surface area contributed by atoms with E-state index in [2.05, 4.69) is 15.3 Å². The van der Waals surface area contributed by atoms with E-state index in [1.165, 1.54) is 0 Å². The van der Waals surface area contributed by atoms with E-state index in [9.17, 15) is 9.59 Å². The molecule has 0 unspecified atom stereocenters. The fraction of sp³-hybridized carbons (Fsp3) is 0.333. The van der Waals surface area contributed by atoms with Gasteiger partial charge in [-0.3, -0.25) is 9.59 Å². The lowest BCUT2D eigenvalue weighted by Gasteiger charge is -2.20. The molecule has 124 valence electrons. The molecule has 1 aromatic carbocycles. The van der Waals surface area contributed by atoms with Crippen LogP contribution in [0, 0.1) is 5.92 Å². The number of hydrogen-bond acceptors (Lipinski definition) is 4. The second kappa shape index (κ2) is 6.78. The predicted molar refractivity (Wildman–Crippen MR) is 91.1 cm³/mol. The Hall–Kier alpha value is -2.76. The lowest BCUT2D eigenvalue weighted by molar-refractivity contribution is -0.129. The lowest BCUT2D eigenvalue weighted by Crippen LogP contribution is -2.33. The number of amides is 2. The molecule has 1 fully saturated rings. The quantitative estimate of drug-likeness (QED) is 0.936. The first-order chi connectivity index (χ1) is 11.5. The monoisotopic (exact) mass is 324 g/mol. The smallest absolute Gasteiger partial charge is 0.229 e. The van der Waals surface area contributed by atoms with Crippen LogP contribution >= 0.6 is 0 Å². The zero-order valence-electron chi connectivity index (χ0n) is 13.8. The third-order valence-electron chi connectivity index (χ3n) is 4.10. The summed E-state index contributed by atoms with van der Waals surface area (Å²) in [6.45, 7) is 4.37. The van der Waals surface area contributed by atoms with Gasteiger partial charge in [-0.2, -0.15) is 0 Å². The highest BCUT2D eigenvalue weighted by molar-refractivity contribution is 5.97. The molecule has 3 rings (SSSR count). The van der Waals surface area contributed by atoms with Gasteiger partial charge in [0.1, 0.15) is 0 Å². The summed E-state index contributed by atoms with van der Waals surface area (Å²) >= 11 is 0. The number of nitrogens with one attached hydrogen (secondary N) is 1. The Morgan fingerprint density at radius 2 is 1.88 bits per heavy atom. The average Bonchev–Trinajstić information content (AvgIpc) is 2.99. The number of benzene rings is 1. The van der Waals surface area contributed by atoms with Crippen LogP contribution in [0.15, 0.2) is 42.7 Å². The van der Waals surface area contributed by atoms with Crippen molar-refractivity contribution in [3.05, 3.63) is 42.7 Å². The molecule has 24 heavy (non-hydrogen) atoms. The highest BCUT2D eigenvalue weighted by atomic mass is 16.2. The van der Waals surface area contributed by atoms with Crippen LogP contribution in [0.4, 0.5) is 5.69 Å². The van der Waals surface area contributed by atoms with Crippen LogP contribution in [-0.2, 0) is 9.59 Å². The highest BCUT2D eigenvalue weighted by Crippen LogP contribution is 2.22. The van der Waals surface area contributed by atoms with Gasteiger partial charge < -0.3 is 10.2 Å². The van der Waals surface area contributed by atoms with Gasteiger partial charge in [-0.1, -0.05) is 30.3 Å². The molecule has 1 aliphatic heterocycles. The zero-order chi connectivity index (χ0) is 17.1. The molecule has 0 spiro atoms. The van der Waals surface area contributed by atoms with Crippen molar-refractivity contribution in [1.82, 2.24) is 14.9 Å². The minimum Gasteiger partial charge on any atom is -0.339 e. The molecule has 1 atom stereocenters. The van der Waals surface area contributed by atoms with Crippen molar-refractivity contribution in [3.63, 3.8) is 0 Å². The van der Waals surface area contributed by atoms with Crippen molar-refractivity contribution in [1.29, 1.82) is 0 Å². The second-order valence-electron chi connectivity index (χ2n) is 6.19. The van der Waals surface area contributed by atoms with Crippen molar-refractivity contribution in [3.8, 4) is 11.4 Å². The summed E-state index contributed by atoms with van der Waals surface area (Å²) in [5.41, 5.74) is 1.46. The first kappa shape index (κ1) is 16.1. The third-order valence-corrected chi connectivity index (χ3v) is 4.10. The first-order valence-corrected chi connectivity index (χ1v) is 8.02. The minimum absolute atomic E-state index is 0.0285. The van der Waals surface area contributed by atoms with Crippen LogP contribution in [-0.4, -0.2) is 39.3 Å². The molecule has 2 heterocycles. The molecule has 1 aliphatic rings. The van der Waals surface area contributed by atoms with Crippen molar-refractivity contribution in [2.75, 3.05) is 11.9 Å². The molecule has 0 aliphatic carbocycles. The van der Waals surface area contributed by atoms with Crippen LogP contribution in [0.25, 0.3) is 11.4 Å². The van der Waals surface area contributed by atoms with Crippen LogP contribution in [0.2, 0.25) is 0 Å². The van der Waals surface area contributed by atoms with E-state index in [0.29, 0.717) is 18.1 Å². The number of carbonyl (C=O) groups is 2. The van der Waals surface area contributed by atoms with Gasteiger partial charge in [0.2, 0.25) is 11.8 Å². The van der Waals surface area contributed by atoms with E-state index in [4.69, 9.17) is 0 Å². The molecule has 2 amide bonds. The van der Waals surface area contributed by atoms with E-state index in [0.717, 1.165) is 5.56 Å². The zero-order valence-corrected chi connectivity index (χ0v) is 13.8. The maximum atomic E-state index is 12.3. The second-order valence-corrected chi connectivity index (χ2v) is 6.19. The summed E-state index contributed by atoms with van der Waals surface area (Å²) in [6, 6.07) is 9.75. The van der Waals surface area contributed by atoms with Gasteiger partial charge in [-0.25, -0.2) is 9.97 Å². The Kier molecular flexibility index (Phi) is 4.55. The average molecular weight is 324 g/mol. The van der Waals surface area contributed by atoms with Gasteiger partial charge >= 0.3 is 0 Å². The maximum absolute atomic E-state index is 12.3. The number of anilines is 1. The molecule has 0 bridgehead atoms. The normalized spacial score (nSPS) is 17.4. The van der Waals surface area contributed by atoms with Crippen molar-refractivity contribution < 1.29 is 9.59 Å². The molecule has 0 saturated carbocycles. The Bertz CT molecular complexity index is 728. The number of nitrogens with zero attached hydrogens (tertiary/aromatic N) is 3. The highest BCUT2D eigenvalue weighted by Gasteiger charge is 2.35. The van der Waals surface area contributed by atoms with Gasteiger partial charge in [0.05, 0.1) is 24.0 Å². The Morgan fingerprint density at radius 1 is 1.21 bits per heavy atom. The summed E-state index contributed by atoms with van der Waals surface area (Å²) in [6.07, 6.45) is 3.43. The van der Waals surface area contributed by atoms with Gasteiger partial charge in [0.25, 0.3) is 0 Å². The first-order valence-electron chi connectivity index (χ1n) is 8.02. The topological polar surface area (TPSA) is 75.2 Å². The van der Waals surface area contributed by atoms with Crippen molar-refractivity contribution in [2.45, 2.75) is 26.3 Å². The summed E-state index contributed by atoms with van der Waals surface area (Å²) in [5, 5.41) is 2.80. The Labute approximate surface area is 140 Å². The number of likely N-dealkylation sites (tertiary alicyclic amines) is 1. The third kappa shape index (κ3) is 3.42. The van der Waals surface area contributed by atoms with Crippen LogP contribution in [0.5, 0.6) is 0 Å². The van der Waals surface area contributed by atoms with Gasteiger partial charge in [0.15, 0.2) is 5.82 Å². The van der Waals surface area contributed by atoms with Crippen LogP contribution in [0.3, 0.4) is 0 Å². The summed E-state index contributed by atoms with van der Waals surface area (Å²) in [4.78, 5) is 34.5. The number of carbonyl (C=O) groups excluding carboxylic acids is 2. The van der Waals surface area contributed by atoms with Crippen LogP contribution in [0.1, 0.15) is 20.3 Å². The van der Waals surface area contributed by atoms with Crippen molar-refractivity contribution >= 4 is 17.5 Å². The SMILES string of the molecule is CC(C)N1C[C@H](C(=O)Nc2cnc(-c3ccccc3)nc2)CC1=O. The molecule has 0 radical (unpaired) electrons. The Balaban J connectivity index is 1.64. The van der Waals surface area contributed by atoms with E-state index in [1.807, 2.05) is 44.2 Å². The molecule has 6 heteroatoms. The molecule has 6 nitrogen and oxygen atoms in total. The molecule has 1 aromatic heterocycles. The van der Waals surface area contributed by atoms with Crippen LogP contribution < -0.4 is 5.32 Å². The van der Waals surface area contributed by atoms with Crippen molar-refractivity contribution in [2.24, 2.45) is 5.92 Å². The van der Waals surface area contributed by atoms with Gasteiger partial charge in [0, 0.05) is 24.6 Å². The summed E-state index contributed by atoms with van der Waals surface area (Å²) < 4.78 is 0. The van der Waals surface area contributed by atoms with E-state index in [-0.39, 0.29) is 30.2 Å². The molecule has 2 aromatic rings. The molecular weight excluding hydrogens is 304 g/mol. The number of rotatable bonds is 4. The number of aromatic nitrogens is 2. The number of hydrogen-bond donors (Lipinski definition) is 1. The summed E-state index contributed by atoms with van der Waals surface area (Å²) in [5.74, 6) is 0.146. The lowest BCUT2D eigenvalue weighted by atomic mass is 10.1. The predicted octanol–water partition coefficient (Wildman–Crippen LogP) is 2.34. The maximum Gasteiger partial charge on any atom is 0.229 e. The largest absolute Gasteiger partial charge is 0.339 e. The standard InChI is InChI=1S/C18H20N4O2/c1-12(2)22-11-14(8-16(22)23)18(24)21-15-9-19-17(20-10-15)13-6-4-3-5-7-13/h3-7,9-10,12,14H,8,11H2,1-2H3,(H,21,24)/t14-/m1/s1. The van der Waals surface area contributed by atoms with E-state index >= 15 is 0 Å². The Morgan fingerprint density at radius 3 is 2.46 bits per heavy atom. The fourth-order valence-electron chi connectivity index (χ4n) is 2.78. The van der Waals surface area contributed by atoms with E-state index < -0.39 is 0 Å². The summed E-state index contributed by atoms with van der Waals surface area (Å²) in [7, 11) is 0. The molecule has 1 saturated heterocycles. The molecule has 1 N–H and O–H groups in total.